The van der Waals surface area contributed by atoms with E-state index >= 15 is 0 Å². The first-order chi connectivity index (χ1) is 12.6. The van der Waals surface area contributed by atoms with Crippen molar-refractivity contribution in [3.8, 4) is 0 Å². The van der Waals surface area contributed by atoms with Crippen LogP contribution in [-0.2, 0) is 4.79 Å². The van der Waals surface area contributed by atoms with E-state index in [9.17, 15) is 9.18 Å². The molecule has 1 amide bonds. The number of amides is 1. The summed E-state index contributed by atoms with van der Waals surface area (Å²) < 4.78 is 14.0. The van der Waals surface area contributed by atoms with E-state index < -0.39 is 0 Å². The third-order valence-corrected chi connectivity index (χ3v) is 5.48. The quantitative estimate of drug-likeness (QED) is 0.747. The molecule has 1 atom stereocenters. The van der Waals surface area contributed by atoms with Crippen LogP contribution in [0.1, 0.15) is 6.92 Å². The van der Waals surface area contributed by atoms with Crippen molar-refractivity contribution in [1.82, 2.24) is 14.7 Å². The van der Waals surface area contributed by atoms with Crippen LogP contribution in [0.5, 0.6) is 0 Å². The monoisotopic (exact) mass is 360 g/mol. The smallest absolute Gasteiger partial charge is 0.239 e. The SMILES string of the molecule is C=CCN1CCN(C(=O)[C@@H](C)N2CCN(c3ccccc3F)CC2)CC1. The van der Waals surface area contributed by atoms with E-state index in [0.717, 1.165) is 58.9 Å². The molecule has 0 aliphatic carbocycles. The Morgan fingerprint density at radius 1 is 1.12 bits per heavy atom. The summed E-state index contributed by atoms with van der Waals surface area (Å²) in [5, 5.41) is 0. The minimum atomic E-state index is -0.178. The fourth-order valence-electron chi connectivity index (χ4n) is 3.81. The molecule has 0 N–H and O–H groups in total. The van der Waals surface area contributed by atoms with Crippen molar-refractivity contribution in [1.29, 1.82) is 0 Å². The number of nitrogens with zero attached hydrogens (tertiary/aromatic N) is 4. The maximum Gasteiger partial charge on any atom is 0.239 e. The molecule has 3 rings (SSSR count). The molecule has 0 bridgehead atoms. The van der Waals surface area contributed by atoms with E-state index in [2.05, 4.69) is 21.3 Å². The van der Waals surface area contributed by atoms with Gasteiger partial charge >= 0.3 is 0 Å². The van der Waals surface area contributed by atoms with Gasteiger partial charge in [0.2, 0.25) is 5.91 Å². The van der Waals surface area contributed by atoms with E-state index in [-0.39, 0.29) is 17.8 Å². The molecule has 2 heterocycles. The lowest BCUT2D eigenvalue weighted by atomic mass is 10.1. The molecule has 5 nitrogen and oxygen atoms in total. The Labute approximate surface area is 155 Å². The first kappa shape index (κ1) is 18.9. The average Bonchev–Trinajstić information content (AvgIpc) is 2.68. The first-order valence-electron chi connectivity index (χ1n) is 9.45. The molecular weight excluding hydrogens is 331 g/mol. The summed E-state index contributed by atoms with van der Waals surface area (Å²) >= 11 is 0. The Hall–Kier alpha value is -1.92. The minimum Gasteiger partial charge on any atom is -0.367 e. The van der Waals surface area contributed by atoms with Gasteiger partial charge in [-0.3, -0.25) is 14.6 Å². The van der Waals surface area contributed by atoms with Crippen molar-refractivity contribution in [2.24, 2.45) is 0 Å². The van der Waals surface area contributed by atoms with Crippen molar-refractivity contribution in [3.05, 3.63) is 42.7 Å². The van der Waals surface area contributed by atoms with E-state index in [1.54, 1.807) is 6.07 Å². The minimum absolute atomic E-state index is 0.122. The highest BCUT2D eigenvalue weighted by molar-refractivity contribution is 5.81. The Bertz CT molecular complexity index is 622. The fraction of sp³-hybridized carbons (Fsp3) is 0.550. The van der Waals surface area contributed by atoms with Gasteiger partial charge in [0, 0.05) is 58.9 Å². The van der Waals surface area contributed by atoms with Gasteiger partial charge in [-0.25, -0.2) is 4.39 Å². The molecule has 0 radical (unpaired) electrons. The van der Waals surface area contributed by atoms with E-state index in [1.165, 1.54) is 6.07 Å². The Morgan fingerprint density at radius 2 is 1.77 bits per heavy atom. The summed E-state index contributed by atoms with van der Waals surface area (Å²) in [6.07, 6.45) is 1.91. The van der Waals surface area contributed by atoms with Crippen LogP contribution >= 0.6 is 0 Å². The molecule has 6 heteroatoms. The summed E-state index contributed by atoms with van der Waals surface area (Å²) in [7, 11) is 0. The maximum atomic E-state index is 14.0. The van der Waals surface area contributed by atoms with Gasteiger partial charge in [0.05, 0.1) is 11.7 Å². The number of hydrogen-bond donors (Lipinski definition) is 0. The Morgan fingerprint density at radius 3 is 2.38 bits per heavy atom. The fourth-order valence-corrected chi connectivity index (χ4v) is 3.81. The molecule has 26 heavy (non-hydrogen) atoms. The van der Waals surface area contributed by atoms with Crippen LogP contribution in [0.2, 0.25) is 0 Å². The van der Waals surface area contributed by atoms with Crippen LogP contribution in [0.4, 0.5) is 10.1 Å². The molecule has 2 aliphatic rings. The zero-order valence-electron chi connectivity index (χ0n) is 15.6. The number of piperazine rings is 2. The summed E-state index contributed by atoms with van der Waals surface area (Å²) in [5.74, 6) is 0.0325. The summed E-state index contributed by atoms with van der Waals surface area (Å²) in [4.78, 5) is 21.4. The molecule has 0 spiro atoms. The molecule has 2 fully saturated rings. The van der Waals surface area contributed by atoms with Gasteiger partial charge in [-0.2, -0.15) is 0 Å². The maximum absolute atomic E-state index is 14.0. The molecule has 2 saturated heterocycles. The number of anilines is 1. The van der Waals surface area contributed by atoms with Crippen molar-refractivity contribution >= 4 is 11.6 Å². The number of carbonyl (C=O) groups is 1. The van der Waals surface area contributed by atoms with Crippen molar-refractivity contribution in [2.45, 2.75) is 13.0 Å². The van der Waals surface area contributed by atoms with Gasteiger partial charge in [-0.15, -0.1) is 6.58 Å². The number of halogens is 1. The highest BCUT2D eigenvalue weighted by atomic mass is 19.1. The molecule has 142 valence electrons. The topological polar surface area (TPSA) is 30.0 Å². The molecule has 1 aromatic rings. The van der Waals surface area contributed by atoms with Crippen molar-refractivity contribution in [3.63, 3.8) is 0 Å². The number of para-hydroxylation sites is 1. The number of benzene rings is 1. The number of hydrogen-bond acceptors (Lipinski definition) is 4. The summed E-state index contributed by atoms with van der Waals surface area (Å²) in [5.41, 5.74) is 0.657. The largest absolute Gasteiger partial charge is 0.367 e. The van der Waals surface area contributed by atoms with Crippen molar-refractivity contribution in [2.75, 3.05) is 63.8 Å². The Kier molecular flexibility index (Phi) is 6.27. The van der Waals surface area contributed by atoms with E-state index in [1.807, 2.05) is 30.0 Å². The molecule has 0 aromatic heterocycles. The second kappa shape index (κ2) is 8.64. The Balaban J connectivity index is 1.50. The second-order valence-corrected chi connectivity index (χ2v) is 7.06. The van der Waals surface area contributed by atoms with Crippen LogP contribution in [0.15, 0.2) is 36.9 Å². The lowest BCUT2D eigenvalue weighted by Crippen LogP contribution is -2.57. The molecule has 0 saturated carbocycles. The van der Waals surface area contributed by atoms with Gasteiger partial charge < -0.3 is 9.80 Å². The predicted molar refractivity (Wildman–Crippen MR) is 103 cm³/mol. The third-order valence-electron chi connectivity index (χ3n) is 5.48. The zero-order valence-corrected chi connectivity index (χ0v) is 15.6. The first-order valence-corrected chi connectivity index (χ1v) is 9.45. The second-order valence-electron chi connectivity index (χ2n) is 7.06. The summed E-state index contributed by atoms with van der Waals surface area (Å²) in [6, 6.07) is 6.78. The highest BCUT2D eigenvalue weighted by Gasteiger charge is 2.30. The molecular formula is C20H29FN4O. The average molecular weight is 360 g/mol. The van der Waals surface area contributed by atoms with E-state index in [4.69, 9.17) is 0 Å². The number of rotatable bonds is 5. The van der Waals surface area contributed by atoms with Crippen LogP contribution < -0.4 is 4.90 Å². The summed E-state index contributed by atoms with van der Waals surface area (Å²) in [6.45, 7) is 13.1. The van der Waals surface area contributed by atoms with Gasteiger partial charge in [-0.05, 0) is 19.1 Å². The molecule has 1 aromatic carbocycles. The number of carbonyl (C=O) groups excluding carboxylic acids is 1. The molecule has 2 aliphatic heterocycles. The van der Waals surface area contributed by atoms with Gasteiger partial charge in [0.25, 0.3) is 0 Å². The molecule has 0 unspecified atom stereocenters. The van der Waals surface area contributed by atoms with Crippen LogP contribution in [-0.4, -0.2) is 85.6 Å². The third kappa shape index (κ3) is 4.24. The van der Waals surface area contributed by atoms with Crippen LogP contribution in [0.25, 0.3) is 0 Å². The van der Waals surface area contributed by atoms with Gasteiger partial charge in [0.1, 0.15) is 5.82 Å². The predicted octanol–water partition coefficient (Wildman–Crippen LogP) is 1.67. The zero-order chi connectivity index (χ0) is 18.5. The van der Waals surface area contributed by atoms with E-state index in [0.29, 0.717) is 5.69 Å². The lowest BCUT2D eigenvalue weighted by molar-refractivity contribution is -0.138. The normalized spacial score (nSPS) is 20.8. The van der Waals surface area contributed by atoms with Crippen molar-refractivity contribution < 1.29 is 9.18 Å². The highest BCUT2D eigenvalue weighted by Crippen LogP contribution is 2.21. The standard InChI is InChI=1S/C20H29FN4O/c1-3-8-22-9-11-25(12-10-22)20(26)17(2)23-13-15-24(16-14-23)19-7-5-4-6-18(19)21/h3-7,17H,1,8-16H2,2H3/t17-/m1/s1. The lowest BCUT2D eigenvalue weighted by Gasteiger charge is -2.41. The van der Waals surface area contributed by atoms with Gasteiger partial charge in [0.15, 0.2) is 0 Å². The van der Waals surface area contributed by atoms with Crippen LogP contribution in [0.3, 0.4) is 0 Å². The van der Waals surface area contributed by atoms with Crippen LogP contribution in [0, 0.1) is 5.82 Å². The van der Waals surface area contributed by atoms with Gasteiger partial charge in [-0.1, -0.05) is 18.2 Å².